The first-order valence-electron chi connectivity index (χ1n) is 9.12. The smallest absolute Gasteiger partial charge is 0.220 e. The highest BCUT2D eigenvalue weighted by Gasteiger charge is 2.15. The number of amides is 1. The molecule has 146 valence electrons. The van der Waals surface area contributed by atoms with E-state index in [1.807, 2.05) is 30.3 Å². The van der Waals surface area contributed by atoms with E-state index in [1.54, 1.807) is 6.07 Å². The van der Waals surface area contributed by atoms with Crippen molar-refractivity contribution in [2.75, 3.05) is 13.1 Å². The van der Waals surface area contributed by atoms with Gasteiger partial charge in [0.25, 0.3) is 0 Å². The monoisotopic (exact) mass is 392 g/mol. The first kappa shape index (κ1) is 21.2. The van der Waals surface area contributed by atoms with Crippen molar-refractivity contribution in [1.82, 2.24) is 10.6 Å². The van der Waals surface area contributed by atoms with Gasteiger partial charge in [0.15, 0.2) is 0 Å². The van der Waals surface area contributed by atoms with Gasteiger partial charge < -0.3 is 15.4 Å². The molecule has 27 heavy (non-hydrogen) atoms. The number of carbonyl (C=O) groups excluding carboxylic acids is 1. The molecule has 1 amide bonds. The van der Waals surface area contributed by atoms with Crippen LogP contribution >= 0.6 is 12.4 Å². The van der Waals surface area contributed by atoms with E-state index in [1.165, 1.54) is 18.6 Å². The van der Waals surface area contributed by atoms with Crippen molar-refractivity contribution >= 4 is 18.3 Å². The van der Waals surface area contributed by atoms with E-state index in [4.69, 9.17) is 4.74 Å². The van der Waals surface area contributed by atoms with Crippen molar-refractivity contribution in [2.24, 2.45) is 5.92 Å². The van der Waals surface area contributed by atoms with Crippen molar-refractivity contribution in [2.45, 2.75) is 32.4 Å². The number of ether oxygens (including phenoxy) is 1. The number of benzene rings is 2. The van der Waals surface area contributed by atoms with Gasteiger partial charge in [0.05, 0.1) is 0 Å². The van der Waals surface area contributed by atoms with Gasteiger partial charge in [-0.2, -0.15) is 0 Å². The average Bonchev–Trinajstić information content (AvgIpc) is 3.17. The lowest BCUT2D eigenvalue weighted by molar-refractivity contribution is -0.121. The Morgan fingerprint density at radius 2 is 2.00 bits per heavy atom. The summed E-state index contributed by atoms with van der Waals surface area (Å²) in [5.74, 6) is 1.19. The number of rotatable bonds is 8. The van der Waals surface area contributed by atoms with Gasteiger partial charge in [-0.05, 0) is 67.2 Å². The van der Waals surface area contributed by atoms with E-state index < -0.39 is 0 Å². The van der Waals surface area contributed by atoms with Crippen LogP contribution in [0.15, 0.2) is 48.5 Å². The van der Waals surface area contributed by atoms with E-state index in [0.717, 1.165) is 36.4 Å². The predicted octanol–water partition coefficient (Wildman–Crippen LogP) is 3.83. The fourth-order valence-electron chi connectivity index (χ4n) is 3.08. The van der Waals surface area contributed by atoms with Gasteiger partial charge >= 0.3 is 0 Å². The van der Waals surface area contributed by atoms with Crippen LogP contribution in [0.5, 0.6) is 5.75 Å². The highest BCUT2D eigenvalue weighted by atomic mass is 35.5. The summed E-state index contributed by atoms with van der Waals surface area (Å²) >= 11 is 0. The minimum Gasteiger partial charge on any atom is -0.489 e. The van der Waals surface area contributed by atoms with Crippen LogP contribution in [0.3, 0.4) is 0 Å². The Morgan fingerprint density at radius 1 is 1.19 bits per heavy atom. The second kappa shape index (κ2) is 10.9. The number of carbonyl (C=O) groups is 1. The highest BCUT2D eigenvalue weighted by molar-refractivity contribution is 5.85. The lowest BCUT2D eigenvalue weighted by atomic mass is 10.0. The molecule has 0 bridgehead atoms. The largest absolute Gasteiger partial charge is 0.489 e. The van der Waals surface area contributed by atoms with Crippen LogP contribution in [-0.4, -0.2) is 19.0 Å². The van der Waals surface area contributed by atoms with Crippen LogP contribution in [0.1, 0.15) is 30.4 Å². The van der Waals surface area contributed by atoms with Gasteiger partial charge in [0.1, 0.15) is 18.2 Å². The second-order valence-electron chi connectivity index (χ2n) is 6.74. The Hall–Kier alpha value is -2.11. The maximum absolute atomic E-state index is 13.1. The molecule has 0 spiro atoms. The molecule has 1 aliphatic rings. The highest BCUT2D eigenvalue weighted by Crippen LogP contribution is 2.16. The SMILES string of the molecule is Cl.O=C(CCC1CCNC1)NCc1ccc(OCc2cccc(F)c2)cc1. The zero-order valence-corrected chi connectivity index (χ0v) is 16.1. The molecule has 1 atom stereocenters. The Bertz CT molecular complexity index is 718. The molecule has 1 aliphatic heterocycles. The summed E-state index contributed by atoms with van der Waals surface area (Å²) in [6.45, 7) is 2.94. The molecule has 3 rings (SSSR count). The van der Waals surface area contributed by atoms with Crippen LogP contribution in [0.2, 0.25) is 0 Å². The third kappa shape index (κ3) is 7.19. The molecule has 4 nitrogen and oxygen atoms in total. The minimum atomic E-state index is -0.263. The maximum Gasteiger partial charge on any atom is 0.220 e. The Labute approximate surface area is 165 Å². The molecule has 1 unspecified atom stereocenters. The maximum atomic E-state index is 13.1. The zero-order valence-electron chi connectivity index (χ0n) is 15.2. The summed E-state index contributed by atoms with van der Waals surface area (Å²) in [5, 5.41) is 6.29. The quantitative estimate of drug-likeness (QED) is 0.717. The molecule has 2 aromatic carbocycles. The normalized spacial score (nSPS) is 15.8. The van der Waals surface area contributed by atoms with E-state index in [0.29, 0.717) is 25.5 Å². The van der Waals surface area contributed by atoms with Crippen LogP contribution < -0.4 is 15.4 Å². The first-order valence-corrected chi connectivity index (χ1v) is 9.12. The van der Waals surface area contributed by atoms with Gasteiger partial charge in [-0.25, -0.2) is 4.39 Å². The molecular formula is C21H26ClFN2O2. The predicted molar refractivity (Wildman–Crippen MR) is 106 cm³/mol. The number of nitrogens with one attached hydrogen (secondary N) is 2. The molecule has 2 N–H and O–H groups in total. The van der Waals surface area contributed by atoms with E-state index in [9.17, 15) is 9.18 Å². The molecule has 0 saturated carbocycles. The van der Waals surface area contributed by atoms with E-state index >= 15 is 0 Å². The van der Waals surface area contributed by atoms with Gasteiger partial charge in [-0.1, -0.05) is 24.3 Å². The lowest BCUT2D eigenvalue weighted by Crippen LogP contribution is -2.23. The summed E-state index contributed by atoms with van der Waals surface area (Å²) in [6.07, 6.45) is 2.71. The molecule has 0 aliphatic carbocycles. The summed E-state index contributed by atoms with van der Waals surface area (Å²) in [6, 6.07) is 14.0. The minimum absolute atomic E-state index is 0. The number of hydrogen-bond donors (Lipinski definition) is 2. The fourth-order valence-corrected chi connectivity index (χ4v) is 3.08. The van der Waals surface area contributed by atoms with Crippen LogP contribution in [-0.2, 0) is 17.9 Å². The van der Waals surface area contributed by atoms with Crippen molar-refractivity contribution in [3.63, 3.8) is 0 Å². The fraction of sp³-hybridized carbons (Fsp3) is 0.381. The van der Waals surface area contributed by atoms with Crippen molar-refractivity contribution < 1.29 is 13.9 Å². The first-order chi connectivity index (χ1) is 12.7. The zero-order chi connectivity index (χ0) is 18.2. The molecule has 0 radical (unpaired) electrons. The van der Waals surface area contributed by atoms with Crippen LogP contribution in [0, 0.1) is 11.7 Å². The second-order valence-corrected chi connectivity index (χ2v) is 6.74. The van der Waals surface area contributed by atoms with Crippen LogP contribution in [0.4, 0.5) is 4.39 Å². The summed E-state index contributed by atoms with van der Waals surface area (Å²) < 4.78 is 18.8. The third-order valence-electron chi connectivity index (χ3n) is 4.65. The summed E-state index contributed by atoms with van der Waals surface area (Å²) in [4.78, 5) is 11.9. The average molecular weight is 393 g/mol. The number of halogens is 2. The van der Waals surface area contributed by atoms with Gasteiger partial charge in [-0.3, -0.25) is 4.79 Å². The summed E-state index contributed by atoms with van der Waals surface area (Å²) in [7, 11) is 0. The summed E-state index contributed by atoms with van der Waals surface area (Å²) in [5.41, 5.74) is 1.82. The number of hydrogen-bond acceptors (Lipinski definition) is 3. The third-order valence-corrected chi connectivity index (χ3v) is 4.65. The van der Waals surface area contributed by atoms with Gasteiger partial charge in [-0.15, -0.1) is 12.4 Å². The lowest BCUT2D eigenvalue weighted by Gasteiger charge is -2.10. The molecule has 2 aromatic rings. The molecule has 1 saturated heterocycles. The molecule has 1 fully saturated rings. The van der Waals surface area contributed by atoms with Gasteiger partial charge in [0, 0.05) is 13.0 Å². The Morgan fingerprint density at radius 3 is 2.70 bits per heavy atom. The van der Waals surface area contributed by atoms with E-state index in [2.05, 4.69) is 10.6 Å². The van der Waals surface area contributed by atoms with Gasteiger partial charge in [0.2, 0.25) is 5.91 Å². The standard InChI is InChI=1S/C21H25FN2O2.ClH/c22-19-3-1-2-18(12-19)15-26-20-7-4-16(5-8-20)14-24-21(25)9-6-17-10-11-23-13-17;/h1-5,7-8,12,17,23H,6,9-11,13-15H2,(H,24,25);1H. The topological polar surface area (TPSA) is 50.4 Å². The van der Waals surface area contributed by atoms with Crippen molar-refractivity contribution in [1.29, 1.82) is 0 Å². The van der Waals surface area contributed by atoms with Crippen LogP contribution in [0.25, 0.3) is 0 Å². The molecule has 6 heteroatoms. The Balaban J connectivity index is 0.00000261. The van der Waals surface area contributed by atoms with Crippen molar-refractivity contribution in [3.05, 3.63) is 65.5 Å². The molecular weight excluding hydrogens is 367 g/mol. The Kier molecular flexibility index (Phi) is 8.55. The van der Waals surface area contributed by atoms with Crippen molar-refractivity contribution in [3.8, 4) is 5.75 Å². The molecule has 0 aromatic heterocycles. The van der Waals surface area contributed by atoms with E-state index in [-0.39, 0.29) is 24.1 Å². The molecule has 1 heterocycles.